The summed E-state index contributed by atoms with van der Waals surface area (Å²) in [6.45, 7) is 4.75. The van der Waals surface area contributed by atoms with E-state index in [1.165, 1.54) is 0 Å². The van der Waals surface area contributed by atoms with Crippen LogP contribution in [0.4, 0.5) is 0 Å². The van der Waals surface area contributed by atoms with Crippen LogP contribution >= 0.6 is 0 Å². The molecule has 0 aromatic carbocycles. The van der Waals surface area contributed by atoms with E-state index in [0.29, 0.717) is 0 Å². The van der Waals surface area contributed by atoms with Crippen molar-refractivity contribution in [3.05, 3.63) is 6.57 Å². The molecular formula is CH3AlLiN. The summed E-state index contributed by atoms with van der Waals surface area (Å²) in [5.41, 5.74) is 0. The van der Waals surface area contributed by atoms with Crippen LogP contribution in [-0.2, 0) is 0 Å². The van der Waals surface area contributed by atoms with Crippen LogP contribution in [0, 0.1) is 11.8 Å². The third-order valence-electron chi connectivity index (χ3n) is 0. The van der Waals surface area contributed by atoms with Crippen molar-refractivity contribution in [2.45, 2.75) is 0 Å². The molecule has 1 nitrogen and oxygen atoms in total. The predicted octanol–water partition coefficient (Wildman–Crippen LogP) is -2.94. The summed E-state index contributed by atoms with van der Waals surface area (Å²) in [6.07, 6.45) is 0. The van der Waals surface area contributed by atoms with Crippen molar-refractivity contribution < 1.29 is 23.1 Å². The molecule has 0 bridgehead atoms. The Balaban J connectivity index is -0.000000000500. The maximum Gasteiger partial charge on any atom is 3.00 e. The molecule has 0 aromatic heterocycles. The van der Waals surface area contributed by atoms with E-state index in [0.717, 1.165) is 0 Å². The van der Waals surface area contributed by atoms with E-state index in [1.807, 2.05) is 0 Å². The van der Waals surface area contributed by atoms with Gasteiger partial charge >= 0.3 is 36.2 Å². The first-order valence-corrected chi connectivity index (χ1v) is 0.224. The first kappa shape index (κ1) is 23.1. The van der Waals surface area contributed by atoms with Crippen LogP contribution in [0.5, 0.6) is 0 Å². The number of nitrogens with zero attached hydrogens (tertiary/aromatic N) is 1. The minimum Gasteiger partial charge on any atom is -1.00 e. The molecular weight excluding hydrogens is 59.9 g/mol. The van der Waals surface area contributed by atoms with Gasteiger partial charge in [-0.25, -0.2) is 0 Å². The molecule has 0 saturated heterocycles. The van der Waals surface area contributed by atoms with Crippen LogP contribution in [0.3, 0.4) is 0 Å². The van der Waals surface area contributed by atoms with Gasteiger partial charge in [0.2, 0.25) is 0 Å². The molecule has 0 aliphatic carbocycles. The molecule has 4 heavy (non-hydrogen) atoms. The first-order valence-electron chi connectivity index (χ1n) is 0.224. The van der Waals surface area contributed by atoms with E-state index in [-0.39, 0.29) is 40.5 Å². The summed E-state index contributed by atoms with van der Waals surface area (Å²) in [7, 11) is 0. The van der Waals surface area contributed by atoms with Gasteiger partial charge in [-0.15, -0.1) is 0 Å². The second-order valence-corrected chi connectivity index (χ2v) is 0. The quantitative estimate of drug-likeness (QED) is 0.218. The van der Waals surface area contributed by atoms with E-state index in [1.54, 1.807) is 0 Å². The van der Waals surface area contributed by atoms with Gasteiger partial charge in [0.15, 0.2) is 0 Å². The molecule has 0 saturated carbocycles. The van der Waals surface area contributed by atoms with Crippen molar-refractivity contribution in [2.24, 2.45) is 0 Å². The number of rotatable bonds is 0. The van der Waals surface area contributed by atoms with Crippen molar-refractivity contribution in [3.8, 4) is 0 Å². The van der Waals surface area contributed by atoms with E-state index in [9.17, 15) is 0 Å². The molecule has 0 aromatic rings. The Kier molecular flexibility index (Phi) is 373. The molecule has 0 aliphatic rings. The molecule has 0 heterocycles. The molecule has 0 rings (SSSR count). The van der Waals surface area contributed by atoms with E-state index in [4.69, 9.17) is 11.8 Å². The van der Waals surface area contributed by atoms with Crippen molar-refractivity contribution in [3.63, 3.8) is 0 Å². The van der Waals surface area contributed by atoms with Gasteiger partial charge < -0.3 is 16.1 Å². The van der Waals surface area contributed by atoms with Gasteiger partial charge in [0, 0.05) is 0 Å². The Labute approximate surface area is 52.8 Å². The smallest absolute Gasteiger partial charge is 1.00 e. The molecule has 0 aliphatic heterocycles. The average molecular weight is 63.0 g/mol. The molecule has 0 N–H and O–H groups in total. The maximum atomic E-state index is 6.25. The van der Waals surface area contributed by atoms with Crippen LogP contribution in [0.2, 0.25) is 0 Å². The predicted molar refractivity (Wildman–Crippen MR) is 14.1 cm³/mol. The zero-order valence-electron chi connectivity index (χ0n) is 5.52. The largest absolute Gasteiger partial charge is 3.00 e. The molecule has 0 spiro atoms. The topological polar surface area (TPSA) is 23.8 Å². The summed E-state index contributed by atoms with van der Waals surface area (Å²) in [4.78, 5) is 0. The zero-order valence-corrected chi connectivity index (χ0v) is 3.68. The molecule has 0 fully saturated rings. The maximum absolute atomic E-state index is 6.25. The van der Waals surface area contributed by atoms with Crippen LogP contribution in [0.15, 0.2) is 0 Å². The summed E-state index contributed by atoms with van der Waals surface area (Å²) in [5.74, 6) is 0. The Bertz CT molecular complexity index is 19.7. The molecule has 3 heteroatoms. The summed E-state index contributed by atoms with van der Waals surface area (Å²) in [5, 5.41) is 6.25. The minimum atomic E-state index is 0. The van der Waals surface area contributed by atoms with Crippen LogP contribution in [0.1, 0.15) is 4.28 Å². The van der Waals surface area contributed by atoms with E-state index < -0.39 is 0 Å². The van der Waals surface area contributed by atoms with Gasteiger partial charge in [-0.2, -0.15) is 0 Å². The fourth-order valence-electron chi connectivity index (χ4n) is 0. The Morgan fingerprint density at radius 1 is 1.50 bits per heavy atom. The number of hydrogen-bond donors (Lipinski definition) is 0. The monoisotopic (exact) mass is 63.0 g/mol. The fourth-order valence-corrected chi connectivity index (χ4v) is 0. The third-order valence-corrected chi connectivity index (χ3v) is 0. The summed E-state index contributed by atoms with van der Waals surface area (Å²) in [6, 6.07) is 0. The van der Waals surface area contributed by atoms with Gasteiger partial charge in [-0.1, -0.05) is 0 Å². The average Bonchev–Trinajstić information content (AvgIpc) is 1.00. The van der Waals surface area contributed by atoms with Gasteiger partial charge in [-0.05, 0) is 0 Å². The number of hydrogen-bond acceptors (Lipinski definition) is 1. The van der Waals surface area contributed by atoms with E-state index in [2.05, 4.69) is 0 Å². The van der Waals surface area contributed by atoms with Crippen LogP contribution in [0.25, 0.3) is 0 Å². The van der Waals surface area contributed by atoms with Crippen molar-refractivity contribution in [1.82, 2.24) is 0 Å². The standard InChI is InChI=1S/CN.Al.Li.3H/c1-2;;;;;/q-1;+3;+1;3*-1. The SMILES string of the molecule is [Al+3].[C-]#N.[H-].[H-].[H-].[Li+]. The first-order chi connectivity index (χ1) is 1.00. The minimum absolute atomic E-state index is 0. The summed E-state index contributed by atoms with van der Waals surface area (Å²) < 4.78 is 0. The third kappa shape index (κ3) is 17.9. The van der Waals surface area contributed by atoms with Gasteiger partial charge in [0.1, 0.15) is 0 Å². The normalized spacial score (nSPS) is 0.500. The van der Waals surface area contributed by atoms with Crippen molar-refractivity contribution in [1.29, 1.82) is 5.26 Å². The van der Waals surface area contributed by atoms with Gasteiger partial charge in [-0.3, -0.25) is 0 Å². The molecule has 0 radical (unpaired) electrons. The molecule has 0 amide bonds. The molecule has 0 atom stereocenters. The Morgan fingerprint density at radius 3 is 1.50 bits per heavy atom. The second-order valence-electron chi connectivity index (χ2n) is 0. The second kappa shape index (κ2) is 64.7. The fraction of sp³-hybridized carbons (Fsp3) is 0. The van der Waals surface area contributed by atoms with Crippen molar-refractivity contribution in [2.75, 3.05) is 0 Å². The molecule has 16 valence electrons. The van der Waals surface area contributed by atoms with Gasteiger partial charge in [0.25, 0.3) is 0 Å². The Hall–Kier alpha value is 0.620. The summed E-state index contributed by atoms with van der Waals surface area (Å²) >= 11 is 0. The zero-order chi connectivity index (χ0) is 2.00. The van der Waals surface area contributed by atoms with E-state index >= 15 is 0 Å². The Morgan fingerprint density at radius 2 is 1.50 bits per heavy atom. The van der Waals surface area contributed by atoms with Crippen molar-refractivity contribution >= 4 is 17.4 Å². The van der Waals surface area contributed by atoms with Crippen LogP contribution in [-0.4, -0.2) is 17.4 Å². The van der Waals surface area contributed by atoms with Crippen LogP contribution < -0.4 is 18.9 Å². The van der Waals surface area contributed by atoms with Gasteiger partial charge in [0.05, 0.1) is 0 Å². The molecule has 0 unspecified atom stereocenters.